The van der Waals surface area contributed by atoms with Gasteiger partial charge in [0.25, 0.3) is 0 Å². The summed E-state index contributed by atoms with van der Waals surface area (Å²) in [5.74, 6) is 0.821. The molecule has 0 saturated heterocycles. The van der Waals surface area contributed by atoms with Crippen molar-refractivity contribution in [2.24, 2.45) is 0 Å². The maximum atomic E-state index is 12.3. The van der Waals surface area contributed by atoms with E-state index in [1.54, 1.807) is 20.0 Å². The summed E-state index contributed by atoms with van der Waals surface area (Å²) < 4.78 is 4.93. The number of hydrogen-bond donors (Lipinski definition) is 3. The van der Waals surface area contributed by atoms with Crippen LogP contribution in [0.4, 0.5) is 11.5 Å². The van der Waals surface area contributed by atoms with Gasteiger partial charge in [0, 0.05) is 18.8 Å². The third-order valence-electron chi connectivity index (χ3n) is 3.54. The van der Waals surface area contributed by atoms with Gasteiger partial charge in [-0.1, -0.05) is 24.2 Å². The molecule has 1 atom stereocenters. The van der Waals surface area contributed by atoms with Gasteiger partial charge in [-0.25, -0.2) is 0 Å². The summed E-state index contributed by atoms with van der Waals surface area (Å²) in [6.07, 6.45) is 0.947. The van der Waals surface area contributed by atoms with Crippen LogP contribution in [-0.2, 0) is 16.0 Å². The summed E-state index contributed by atoms with van der Waals surface area (Å²) in [7, 11) is 1.61. The van der Waals surface area contributed by atoms with E-state index in [2.05, 4.69) is 21.1 Å². The van der Waals surface area contributed by atoms with Gasteiger partial charge in [-0.2, -0.15) is 0 Å². The zero-order valence-corrected chi connectivity index (χ0v) is 14.1. The highest BCUT2D eigenvalue weighted by Crippen LogP contribution is 2.14. The van der Waals surface area contributed by atoms with Crippen molar-refractivity contribution in [2.45, 2.75) is 32.7 Å². The molecule has 128 valence electrons. The number of carbonyl (C=O) groups excluding carboxylic acids is 2. The summed E-state index contributed by atoms with van der Waals surface area (Å²) in [5, 5.41) is 12.2. The molecule has 7 heteroatoms. The van der Waals surface area contributed by atoms with Crippen molar-refractivity contribution < 1.29 is 14.1 Å². The Morgan fingerprint density at radius 2 is 1.96 bits per heavy atom. The van der Waals surface area contributed by atoms with Crippen LogP contribution in [0, 0.1) is 6.92 Å². The number of aromatic nitrogens is 1. The molecule has 1 heterocycles. The van der Waals surface area contributed by atoms with Gasteiger partial charge in [0.2, 0.25) is 11.8 Å². The molecule has 0 aliphatic carbocycles. The number of hydrogen-bond acceptors (Lipinski definition) is 5. The molecule has 7 nitrogen and oxygen atoms in total. The van der Waals surface area contributed by atoms with E-state index in [9.17, 15) is 9.59 Å². The van der Waals surface area contributed by atoms with Gasteiger partial charge in [-0.3, -0.25) is 9.59 Å². The molecule has 0 unspecified atom stereocenters. The molecule has 0 radical (unpaired) electrons. The molecular formula is C17H22N4O3. The number of nitrogens with one attached hydrogen (secondary N) is 3. The van der Waals surface area contributed by atoms with Crippen molar-refractivity contribution in [3.05, 3.63) is 41.7 Å². The number of carbonyl (C=O) groups is 2. The predicted octanol–water partition coefficient (Wildman–Crippen LogP) is 2.10. The van der Waals surface area contributed by atoms with Gasteiger partial charge < -0.3 is 20.5 Å². The Morgan fingerprint density at radius 1 is 1.25 bits per heavy atom. The number of rotatable bonds is 7. The fourth-order valence-electron chi connectivity index (χ4n) is 2.19. The van der Waals surface area contributed by atoms with Crippen LogP contribution < -0.4 is 16.0 Å². The van der Waals surface area contributed by atoms with Crippen LogP contribution in [0.1, 0.15) is 24.7 Å². The summed E-state index contributed by atoms with van der Waals surface area (Å²) in [6.45, 7) is 3.68. The van der Waals surface area contributed by atoms with Crippen LogP contribution in [0.25, 0.3) is 0 Å². The third kappa shape index (κ3) is 4.84. The number of nitrogens with zero attached hydrogens (tertiary/aromatic N) is 1. The minimum absolute atomic E-state index is 0.0376. The fourth-order valence-corrected chi connectivity index (χ4v) is 2.19. The molecule has 2 rings (SSSR count). The van der Waals surface area contributed by atoms with Gasteiger partial charge in [0.15, 0.2) is 5.82 Å². The van der Waals surface area contributed by atoms with Crippen molar-refractivity contribution in [1.82, 2.24) is 10.5 Å². The van der Waals surface area contributed by atoms with E-state index >= 15 is 0 Å². The molecule has 2 amide bonds. The normalized spacial score (nSPS) is 11.6. The Bertz CT molecular complexity index is 694. The molecule has 0 aliphatic heterocycles. The molecule has 24 heavy (non-hydrogen) atoms. The maximum absolute atomic E-state index is 12.3. The second-order valence-corrected chi connectivity index (χ2v) is 5.46. The van der Waals surface area contributed by atoms with Crippen LogP contribution >= 0.6 is 0 Å². The Labute approximate surface area is 140 Å². The maximum Gasteiger partial charge on any atom is 0.248 e. The fraction of sp³-hybridized carbons (Fsp3) is 0.353. The summed E-state index contributed by atoms with van der Waals surface area (Å²) in [4.78, 5) is 23.7. The van der Waals surface area contributed by atoms with Crippen LogP contribution in [0.5, 0.6) is 0 Å². The third-order valence-corrected chi connectivity index (χ3v) is 3.54. The molecule has 0 saturated carbocycles. The zero-order chi connectivity index (χ0) is 17.5. The molecule has 3 N–H and O–H groups in total. The van der Waals surface area contributed by atoms with Crippen LogP contribution in [-0.4, -0.2) is 30.1 Å². The highest BCUT2D eigenvalue weighted by molar-refractivity contribution is 5.95. The first-order valence-corrected chi connectivity index (χ1v) is 7.82. The van der Waals surface area contributed by atoms with Crippen molar-refractivity contribution in [3.8, 4) is 0 Å². The van der Waals surface area contributed by atoms with Gasteiger partial charge in [-0.05, 0) is 31.0 Å². The molecule has 1 aromatic heterocycles. The SMILES string of the molecule is CC[C@@H](Nc1ccc(CC(=O)NC)cc1)C(=O)Nc1cc(C)on1. The van der Waals surface area contributed by atoms with Gasteiger partial charge in [-0.15, -0.1) is 0 Å². The quantitative estimate of drug-likeness (QED) is 0.722. The first kappa shape index (κ1) is 17.5. The van der Waals surface area contributed by atoms with Crippen molar-refractivity contribution in [1.29, 1.82) is 0 Å². The van der Waals surface area contributed by atoms with E-state index in [4.69, 9.17) is 4.52 Å². The zero-order valence-electron chi connectivity index (χ0n) is 14.1. The van der Waals surface area contributed by atoms with Gasteiger partial charge in [0.05, 0.1) is 6.42 Å². The van der Waals surface area contributed by atoms with E-state index in [1.165, 1.54) is 0 Å². The van der Waals surface area contributed by atoms with E-state index in [1.807, 2.05) is 31.2 Å². The molecular weight excluding hydrogens is 308 g/mol. The number of likely N-dealkylation sites (N-methyl/N-ethyl adjacent to an activating group) is 1. The second kappa shape index (κ2) is 8.14. The summed E-state index contributed by atoms with van der Waals surface area (Å²) in [6, 6.07) is 8.71. The molecule has 1 aromatic carbocycles. The minimum atomic E-state index is -0.396. The number of anilines is 2. The lowest BCUT2D eigenvalue weighted by atomic mass is 10.1. The monoisotopic (exact) mass is 330 g/mol. The molecule has 0 aliphatic rings. The highest BCUT2D eigenvalue weighted by atomic mass is 16.5. The van der Waals surface area contributed by atoms with Gasteiger partial charge >= 0.3 is 0 Å². The van der Waals surface area contributed by atoms with Crippen LogP contribution in [0.15, 0.2) is 34.9 Å². The van der Waals surface area contributed by atoms with E-state index < -0.39 is 6.04 Å². The average molecular weight is 330 g/mol. The first-order chi connectivity index (χ1) is 11.5. The van der Waals surface area contributed by atoms with Crippen molar-refractivity contribution in [3.63, 3.8) is 0 Å². The smallest absolute Gasteiger partial charge is 0.248 e. The lowest BCUT2D eigenvalue weighted by molar-refractivity contribution is -0.120. The summed E-state index contributed by atoms with van der Waals surface area (Å²) >= 11 is 0. The highest BCUT2D eigenvalue weighted by Gasteiger charge is 2.17. The van der Waals surface area contributed by atoms with E-state index in [0.717, 1.165) is 11.3 Å². The Kier molecular flexibility index (Phi) is 5.95. The predicted molar refractivity (Wildman–Crippen MR) is 91.8 cm³/mol. The molecule has 0 spiro atoms. The summed E-state index contributed by atoms with van der Waals surface area (Å²) in [5.41, 5.74) is 1.73. The topological polar surface area (TPSA) is 96.3 Å². The lowest BCUT2D eigenvalue weighted by Crippen LogP contribution is -2.34. The van der Waals surface area contributed by atoms with Crippen LogP contribution in [0.2, 0.25) is 0 Å². The first-order valence-electron chi connectivity index (χ1n) is 7.82. The van der Waals surface area contributed by atoms with Crippen molar-refractivity contribution >= 4 is 23.3 Å². The number of aryl methyl sites for hydroxylation is 1. The van der Waals surface area contributed by atoms with E-state index in [-0.39, 0.29) is 11.8 Å². The molecule has 0 fully saturated rings. The second-order valence-electron chi connectivity index (χ2n) is 5.46. The largest absolute Gasteiger partial charge is 0.374 e. The average Bonchev–Trinajstić information content (AvgIpc) is 2.98. The van der Waals surface area contributed by atoms with Crippen LogP contribution in [0.3, 0.4) is 0 Å². The Hall–Kier alpha value is -2.83. The lowest BCUT2D eigenvalue weighted by Gasteiger charge is -2.17. The number of benzene rings is 1. The standard InChI is InChI=1S/C17H22N4O3/c1-4-14(17(23)20-15-9-11(2)24-21-15)19-13-7-5-12(6-8-13)10-16(22)18-3/h5-9,14,19H,4,10H2,1-3H3,(H,18,22)(H,20,21,23)/t14-/m1/s1. The molecule has 0 bridgehead atoms. The van der Waals surface area contributed by atoms with E-state index in [0.29, 0.717) is 24.4 Å². The Morgan fingerprint density at radius 3 is 2.50 bits per heavy atom. The van der Waals surface area contributed by atoms with Crippen molar-refractivity contribution in [2.75, 3.05) is 17.7 Å². The molecule has 2 aromatic rings. The minimum Gasteiger partial charge on any atom is -0.374 e. The number of amides is 2. The Balaban J connectivity index is 1.96. The van der Waals surface area contributed by atoms with Gasteiger partial charge in [0.1, 0.15) is 11.8 Å².